The van der Waals surface area contributed by atoms with Gasteiger partial charge in [0.1, 0.15) is 0 Å². The Bertz CT molecular complexity index is 169. The molecule has 0 spiro atoms. The van der Waals surface area contributed by atoms with E-state index in [1.807, 2.05) is 0 Å². The highest BCUT2D eigenvalue weighted by molar-refractivity contribution is 7.79. The molecular formula is C6H11O5S-. The Balaban J connectivity index is 3.50. The molecule has 0 aliphatic carbocycles. The van der Waals surface area contributed by atoms with E-state index in [1.165, 1.54) is 0 Å². The van der Waals surface area contributed by atoms with E-state index >= 15 is 0 Å². The molecule has 0 bridgehead atoms. The summed E-state index contributed by atoms with van der Waals surface area (Å²) in [6.45, 7) is 0. The molecule has 6 heteroatoms. The highest BCUT2D eigenvalue weighted by atomic mass is 32.2. The molecule has 0 aromatic heterocycles. The van der Waals surface area contributed by atoms with Crippen LogP contribution in [0, 0.1) is 0 Å². The Labute approximate surface area is 73.0 Å². The number of aliphatic hydroxyl groups excluding tert-OH is 1. The summed E-state index contributed by atoms with van der Waals surface area (Å²) >= 11 is -2.11. The molecule has 1 N–H and O–H groups in total. The van der Waals surface area contributed by atoms with Crippen molar-refractivity contribution in [2.24, 2.45) is 0 Å². The van der Waals surface area contributed by atoms with Crippen LogP contribution < -0.4 is 0 Å². The number of methoxy groups -OCH3 is 1. The average Bonchev–Trinajstić information content (AvgIpc) is 2.02. The molecule has 12 heavy (non-hydrogen) atoms. The van der Waals surface area contributed by atoms with Gasteiger partial charge in [0, 0.05) is 5.75 Å². The molecular weight excluding hydrogens is 184 g/mol. The van der Waals surface area contributed by atoms with Crippen LogP contribution in [0.2, 0.25) is 0 Å². The summed E-state index contributed by atoms with van der Waals surface area (Å²) in [6, 6.07) is 0. The van der Waals surface area contributed by atoms with Crippen LogP contribution in [0.4, 0.5) is 0 Å². The Morgan fingerprint density at radius 3 is 2.75 bits per heavy atom. The van der Waals surface area contributed by atoms with Crippen molar-refractivity contribution >= 4 is 17.0 Å². The van der Waals surface area contributed by atoms with E-state index in [2.05, 4.69) is 4.74 Å². The zero-order valence-electron chi connectivity index (χ0n) is 6.69. The molecule has 0 radical (unpaired) electrons. The summed E-state index contributed by atoms with van der Waals surface area (Å²) in [4.78, 5) is 10.6. The van der Waals surface area contributed by atoms with E-state index in [-0.39, 0.29) is 18.6 Å². The minimum atomic E-state index is -2.11. The highest BCUT2D eigenvalue weighted by Crippen LogP contribution is 1.99. The molecule has 0 aliphatic rings. The van der Waals surface area contributed by atoms with Crippen LogP contribution in [0.1, 0.15) is 12.8 Å². The third kappa shape index (κ3) is 5.22. The summed E-state index contributed by atoms with van der Waals surface area (Å²) in [7, 11) is 1.16. The Morgan fingerprint density at radius 2 is 2.33 bits per heavy atom. The van der Waals surface area contributed by atoms with Crippen LogP contribution in [-0.2, 0) is 20.6 Å². The smallest absolute Gasteiger partial charge is 0.334 e. The zero-order chi connectivity index (χ0) is 9.56. The van der Waals surface area contributed by atoms with Crippen LogP contribution in [0.5, 0.6) is 0 Å². The SMILES string of the molecule is COC(=O)[C@@H](O)CCCS(=O)[O-]. The number of ether oxygens (including phenoxy) is 1. The fraction of sp³-hybridized carbons (Fsp3) is 0.833. The van der Waals surface area contributed by atoms with Crippen LogP contribution in [-0.4, -0.2) is 38.8 Å². The van der Waals surface area contributed by atoms with Gasteiger partial charge in [0.25, 0.3) is 0 Å². The second-order valence-corrected chi connectivity index (χ2v) is 3.20. The van der Waals surface area contributed by atoms with Crippen molar-refractivity contribution in [1.29, 1.82) is 0 Å². The van der Waals surface area contributed by atoms with Crippen molar-refractivity contribution in [3.63, 3.8) is 0 Å². The molecule has 0 aromatic rings. The third-order valence-electron chi connectivity index (χ3n) is 1.26. The van der Waals surface area contributed by atoms with Gasteiger partial charge in [-0.3, -0.25) is 4.21 Å². The number of aliphatic hydroxyl groups is 1. The number of rotatable bonds is 5. The first-order chi connectivity index (χ1) is 5.57. The fourth-order valence-corrected chi connectivity index (χ4v) is 1.05. The first-order valence-corrected chi connectivity index (χ1v) is 4.64. The van der Waals surface area contributed by atoms with E-state index in [1.54, 1.807) is 0 Å². The van der Waals surface area contributed by atoms with E-state index in [9.17, 15) is 13.6 Å². The zero-order valence-corrected chi connectivity index (χ0v) is 7.50. The highest BCUT2D eigenvalue weighted by Gasteiger charge is 2.13. The van der Waals surface area contributed by atoms with Crippen molar-refractivity contribution in [3.8, 4) is 0 Å². The van der Waals surface area contributed by atoms with Crippen molar-refractivity contribution < 1.29 is 23.4 Å². The van der Waals surface area contributed by atoms with Gasteiger partial charge in [-0.2, -0.15) is 0 Å². The van der Waals surface area contributed by atoms with Gasteiger partial charge in [-0.15, -0.1) is 0 Å². The van der Waals surface area contributed by atoms with E-state index in [0.29, 0.717) is 0 Å². The molecule has 5 nitrogen and oxygen atoms in total. The van der Waals surface area contributed by atoms with Crippen molar-refractivity contribution in [2.45, 2.75) is 18.9 Å². The number of carbonyl (C=O) groups excluding carboxylic acids is 1. The summed E-state index contributed by atoms with van der Waals surface area (Å²) in [6.07, 6.45) is -0.842. The lowest BCUT2D eigenvalue weighted by Gasteiger charge is -2.08. The fourth-order valence-electron chi connectivity index (χ4n) is 0.648. The molecule has 0 saturated heterocycles. The van der Waals surface area contributed by atoms with E-state index < -0.39 is 23.2 Å². The molecule has 2 atom stereocenters. The lowest BCUT2D eigenvalue weighted by Crippen LogP contribution is -2.22. The summed E-state index contributed by atoms with van der Waals surface area (Å²) in [5, 5.41) is 8.96. The maximum absolute atomic E-state index is 10.6. The Kier molecular flexibility index (Phi) is 5.87. The first-order valence-electron chi connectivity index (χ1n) is 3.39. The lowest BCUT2D eigenvalue weighted by molar-refractivity contribution is -0.150. The van der Waals surface area contributed by atoms with Crippen molar-refractivity contribution in [1.82, 2.24) is 0 Å². The van der Waals surface area contributed by atoms with Crippen molar-refractivity contribution in [2.75, 3.05) is 12.9 Å². The summed E-state index contributed by atoms with van der Waals surface area (Å²) < 4.78 is 24.3. The monoisotopic (exact) mass is 195 g/mol. The van der Waals surface area contributed by atoms with Gasteiger partial charge < -0.3 is 14.4 Å². The second kappa shape index (κ2) is 6.10. The number of hydrogen-bond acceptors (Lipinski definition) is 5. The van der Waals surface area contributed by atoms with Gasteiger partial charge >= 0.3 is 5.97 Å². The predicted molar refractivity (Wildman–Crippen MR) is 41.0 cm³/mol. The minimum absolute atomic E-state index is 0.0476. The predicted octanol–water partition coefficient (Wildman–Crippen LogP) is -0.820. The summed E-state index contributed by atoms with van der Waals surface area (Å²) in [5.41, 5.74) is 0. The normalized spacial score (nSPS) is 15.2. The van der Waals surface area contributed by atoms with E-state index in [4.69, 9.17) is 5.11 Å². The van der Waals surface area contributed by atoms with Gasteiger partial charge in [0.05, 0.1) is 7.11 Å². The average molecular weight is 195 g/mol. The van der Waals surface area contributed by atoms with Gasteiger partial charge in [-0.25, -0.2) is 4.79 Å². The van der Waals surface area contributed by atoms with Crippen LogP contribution in [0.25, 0.3) is 0 Å². The molecule has 0 fully saturated rings. The van der Waals surface area contributed by atoms with Crippen LogP contribution in [0.3, 0.4) is 0 Å². The third-order valence-corrected chi connectivity index (χ3v) is 1.88. The maximum Gasteiger partial charge on any atom is 0.334 e. The molecule has 0 rings (SSSR count). The molecule has 0 amide bonds. The van der Waals surface area contributed by atoms with Gasteiger partial charge in [-0.05, 0) is 12.8 Å². The lowest BCUT2D eigenvalue weighted by atomic mass is 10.2. The first kappa shape index (κ1) is 11.5. The largest absolute Gasteiger partial charge is 0.772 e. The van der Waals surface area contributed by atoms with Crippen LogP contribution in [0.15, 0.2) is 0 Å². The van der Waals surface area contributed by atoms with E-state index in [0.717, 1.165) is 7.11 Å². The van der Waals surface area contributed by atoms with Gasteiger partial charge in [0.15, 0.2) is 6.10 Å². The number of esters is 1. The topological polar surface area (TPSA) is 86.7 Å². The molecule has 0 saturated carbocycles. The van der Waals surface area contributed by atoms with Gasteiger partial charge in [-0.1, -0.05) is 11.1 Å². The Hall–Kier alpha value is -0.460. The molecule has 0 aliphatic heterocycles. The van der Waals surface area contributed by atoms with Gasteiger partial charge in [0.2, 0.25) is 0 Å². The second-order valence-electron chi connectivity index (χ2n) is 2.19. The standard InChI is InChI=1S/C6H12O5S/c1-11-6(8)5(7)3-2-4-12(9)10/h5,7H,2-4H2,1H3,(H,9,10)/p-1/t5-/m0/s1. The maximum atomic E-state index is 10.6. The Morgan fingerprint density at radius 1 is 1.75 bits per heavy atom. The number of hydrogen-bond donors (Lipinski definition) is 1. The molecule has 0 aromatic carbocycles. The molecule has 72 valence electrons. The molecule has 0 heterocycles. The van der Waals surface area contributed by atoms with Crippen molar-refractivity contribution in [3.05, 3.63) is 0 Å². The summed E-state index contributed by atoms with van der Waals surface area (Å²) in [5.74, 6) is -0.777. The van der Waals surface area contributed by atoms with Crippen LogP contribution >= 0.6 is 0 Å². The minimum Gasteiger partial charge on any atom is -0.772 e. The molecule has 1 unspecified atom stereocenters. The quantitative estimate of drug-likeness (QED) is 0.457. The number of carbonyl (C=O) groups is 1.